The van der Waals surface area contributed by atoms with E-state index < -0.39 is 0 Å². The van der Waals surface area contributed by atoms with Crippen LogP contribution in [0.15, 0.2) is 18.2 Å². The predicted molar refractivity (Wildman–Crippen MR) is 80.8 cm³/mol. The molecule has 0 aliphatic carbocycles. The highest BCUT2D eigenvalue weighted by atomic mass is 16.2. The Kier molecular flexibility index (Phi) is 5.74. The maximum atomic E-state index is 12.4. The molecule has 20 heavy (non-hydrogen) atoms. The van der Waals surface area contributed by atoms with E-state index >= 15 is 0 Å². The fraction of sp³-hybridized carbons (Fsp3) is 0.500. The predicted octanol–water partition coefficient (Wildman–Crippen LogP) is 2.29. The largest absolute Gasteiger partial charge is 0.352 e. The molecule has 0 radical (unpaired) electrons. The molecule has 1 aromatic rings. The van der Waals surface area contributed by atoms with Crippen LogP contribution in [0.2, 0.25) is 0 Å². The molecule has 4 heteroatoms. The van der Waals surface area contributed by atoms with Crippen molar-refractivity contribution in [3.63, 3.8) is 0 Å². The first-order valence-corrected chi connectivity index (χ1v) is 7.00. The van der Waals surface area contributed by atoms with E-state index in [9.17, 15) is 9.59 Å². The molecule has 2 amide bonds. The summed E-state index contributed by atoms with van der Waals surface area (Å²) < 4.78 is 0. The average Bonchev–Trinajstić information content (AvgIpc) is 2.33. The number of amides is 2. The second-order valence-corrected chi connectivity index (χ2v) is 5.42. The van der Waals surface area contributed by atoms with Gasteiger partial charge in [0.25, 0.3) is 5.91 Å². The van der Waals surface area contributed by atoms with E-state index in [0.29, 0.717) is 12.1 Å². The first-order chi connectivity index (χ1) is 9.33. The molecule has 0 atom stereocenters. The summed E-state index contributed by atoms with van der Waals surface area (Å²) >= 11 is 0. The van der Waals surface area contributed by atoms with Crippen LogP contribution in [0.1, 0.15) is 42.3 Å². The lowest BCUT2D eigenvalue weighted by molar-refractivity contribution is -0.122. The van der Waals surface area contributed by atoms with Crippen molar-refractivity contribution in [3.8, 4) is 0 Å². The number of aryl methyl sites for hydroxylation is 2. The minimum atomic E-state index is -0.125. The number of carbonyl (C=O) groups is 2. The van der Waals surface area contributed by atoms with Crippen LogP contribution >= 0.6 is 0 Å². The Morgan fingerprint density at radius 2 is 1.70 bits per heavy atom. The van der Waals surface area contributed by atoms with Crippen molar-refractivity contribution < 1.29 is 9.59 Å². The highest BCUT2D eigenvalue weighted by molar-refractivity contribution is 5.96. The van der Waals surface area contributed by atoms with Crippen molar-refractivity contribution in [1.29, 1.82) is 0 Å². The fourth-order valence-electron chi connectivity index (χ4n) is 2.15. The van der Waals surface area contributed by atoms with Gasteiger partial charge in [-0.15, -0.1) is 0 Å². The third-order valence-electron chi connectivity index (χ3n) is 2.92. The van der Waals surface area contributed by atoms with Crippen LogP contribution < -0.4 is 5.32 Å². The van der Waals surface area contributed by atoms with Gasteiger partial charge in [-0.05, 0) is 46.8 Å². The van der Waals surface area contributed by atoms with E-state index in [1.807, 2.05) is 52.8 Å². The number of nitrogens with zero attached hydrogens (tertiary/aromatic N) is 1. The SMILES string of the molecule is CCN(CC(=O)NC(C)C)C(=O)c1cc(C)cc(C)c1. The number of likely N-dealkylation sites (N-methyl/N-ethyl adjacent to an activating group) is 1. The van der Waals surface area contributed by atoms with Crippen molar-refractivity contribution in [1.82, 2.24) is 10.2 Å². The second kappa shape index (κ2) is 7.08. The van der Waals surface area contributed by atoms with Crippen molar-refractivity contribution >= 4 is 11.8 Å². The van der Waals surface area contributed by atoms with Gasteiger partial charge in [-0.25, -0.2) is 0 Å². The molecule has 0 heterocycles. The average molecular weight is 276 g/mol. The Labute approximate surface area is 121 Å². The third-order valence-corrected chi connectivity index (χ3v) is 2.92. The summed E-state index contributed by atoms with van der Waals surface area (Å²) in [6.45, 7) is 10.2. The van der Waals surface area contributed by atoms with Gasteiger partial charge in [0.2, 0.25) is 5.91 Å². The first kappa shape index (κ1) is 16.2. The zero-order valence-electron chi connectivity index (χ0n) is 13.0. The van der Waals surface area contributed by atoms with Crippen molar-refractivity contribution in [2.24, 2.45) is 0 Å². The quantitative estimate of drug-likeness (QED) is 0.897. The zero-order chi connectivity index (χ0) is 15.3. The summed E-state index contributed by atoms with van der Waals surface area (Å²) in [5.41, 5.74) is 2.74. The Morgan fingerprint density at radius 3 is 2.15 bits per heavy atom. The van der Waals surface area contributed by atoms with Gasteiger partial charge in [-0.3, -0.25) is 9.59 Å². The molecular formula is C16H24N2O2. The Hall–Kier alpha value is -1.84. The lowest BCUT2D eigenvalue weighted by Crippen LogP contribution is -2.42. The molecule has 0 unspecified atom stereocenters. The summed E-state index contributed by atoms with van der Waals surface area (Å²) in [6, 6.07) is 5.83. The summed E-state index contributed by atoms with van der Waals surface area (Å²) in [5, 5.41) is 2.80. The van der Waals surface area contributed by atoms with E-state index in [0.717, 1.165) is 11.1 Å². The summed E-state index contributed by atoms with van der Waals surface area (Å²) in [5.74, 6) is -0.224. The lowest BCUT2D eigenvalue weighted by Gasteiger charge is -2.21. The van der Waals surface area contributed by atoms with Gasteiger partial charge in [0, 0.05) is 18.2 Å². The Morgan fingerprint density at radius 1 is 1.15 bits per heavy atom. The van der Waals surface area contributed by atoms with Gasteiger partial charge in [-0.2, -0.15) is 0 Å². The van der Waals surface area contributed by atoms with Gasteiger partial charge < -0.3 is 10.2 Å². The molecule has 110 valence electrons. The van der Waals surface area contributed by atoms with E-state index in [-0.39, 0.29) is 24.4 Å². The maximum absolute atomic E-state index is 12.4. The van der Waals surface area contributed by atoms with E-state index in [2.05, 4.69) is 5.32 Å². The number of carbonyl (C=O) groups excluding carboxylic acids is 2. The molecule has 1 aromatic carbocycles. The monoisotopic (exact) mass is 276 g/mol. The fourth-order valence-corrected chi connectivity index (χ4v) is 2.15. The highest BCUT2D eigenvalue weighted by Crippen LogP contribution is 2.11. The third kappa shape index (κ3) is 4.68. The molecule has 0 aliphatic rings. The molecule has 0 spiro atoms. The van der Waals surface area contributed by atoms with Crippen LogP contribution in [0.25, 0.3) is 0 Å². The molecule has 0 aromatic heterocycles. The summed E-state index contributed by atoms with van der Waals surface area (Å²) in [4.78, 5) is 25.8. The normalized spacial score (nSPS) is 10.5. The van der Waals surface area contributed by atoms with Crippen molar-refractivity contribution in [3.05, 3.63) is 34.9 Å². The number of hydrogen-bond acceptors (Lipinski definition) is 2. The smallest absolute Gasteiger partial charge is 0.254 e. The highest BCUT2D eigenvalue weighted by Gasteiger charge is 2.18. The standard InChI is InChI=1S/C16H24N2O2/c1-6-18(10-15(19)17-11(2)3)16(20)14-8-12(4)7-13(5)9-14/h7-9,11H,6,10H2,1-5H3,(H,17,19). The minimum absolute atomic E-state index is 0.0810. The molecule has 1 rings (SSSR count). The Balaban J connectivity index is 2.83. The molecule has 0 fully saturated rings. The molecule has 0 aliphatic heterocycles. The molecule has 0 saturated heterocycles. The Bertz CT molecular complexity index is 475. The van der Waals surface area contributed by atoms with E-state index in [1.54, 1.807) is 4.90 Å². The van der Waals surface area contributed by atoms with Crippen LogP contribution in [-0.4, -0.2) is 35.8 Å². The van der Waals surface area contributed by atoms with Gasteiger partial charge in [0.15, 0.2) is 0 Å². The van der Waals surface area contributed by atoms with E-state index in [1.165, 1.54) is 0 Å². The maximum Gasteiger partial charge on any atom is 0.254 e. The molecule has 4 nitrogen and oxygen atoms in total. The topological polar surface area (TPSA) is 49.4 Å². The van der Waals surface area contributed by atoms with Gasteiger partial charge >= 0.3 is 0 Å². The molecule has 1 N–H and O–H groups in total. The van der Waals surface area contributed by atoms with Crippen LogP contribution in [0, 0.1) is 13.8 Å². The van der Waals surface area contributed by atoms with Crippen LogP contribution in [-0.2, 0) is 4.79 Å². The van der Waals surface area contributed by atoms with E-state index in [4.69, 9.17) is 0 Å². The first-order valence-electron chi connectivity index (χ1n) is 7.00. The number of rotatable bonds is 5. The number of benzene rings is 1. The van der Waals surface area contributed by atoms with Crippen molar-refractivity contribution in [2.75, 3.05) is 13.1 Å². The second-order valence-electron chi connectivity index (χ2n) is 5.42. The van der Waals surface area contributed by atoms with Gasteiger partial charge in [0.1, 0.15) is 0 Å². The van der Waals surface area contributed by atoms with Gasteiger partial charge in [-0.1, -0.05) is 17.2 Å². The minimum Gasteiger partial charge on any atom is -0.352 e. The van der Waals surface area contributed by atoms with Crippen LogP contribution in [0.4, 0.5) is 0 Å². The summed E-state index contributed by atoms with van der Waals surface area (Å²) in [7, 11) is 0. The van der Waals surface area contributed by atoms with Gasteiger partial charge in [0.05, 0.1) is 6.54 Å². The molecular weight excluding hydrogens is 252 g/mol. The number of hydrogen-bond donors (Lipinski definition) is 1. The zero-order valence-corrected chi connectivity index (χ0v) is 13.0. The van der Waals surface area contributed by atoms with Crippen molar-refractivity contribution in [2.45, 2.75) is 40.7 Å². The lowest BCUT2D eigenvalue weighted by atomic mass is 10.1. The summed E-state index contributed by atoms with van der Waals surface area (Å²) in [6.07, 6.45) is 0. The number of nitrogens with one attached hydrogen (secondary N) is 1. The van der Waals surface area contributed by atoms with Crippen LogP contribution in [0.3, 0.4) is 0 Å². The molecule has 0 bridgehead atoms. The van der Waals surface area contributed by atoms with Crippen LogP contribution in [0.5, 0.6) is 0 Å². The molecule has 0 saturated carbocycles.